The molecule has 0 rings (SSSR count). The molecule has 0 fully saturated rings. The molecule has 0 aliphatic rings. The summed E-state index contributed by atoms with van der Waals surface area (Å²) in [5, 5.41) is 3.11. The Balaban J connectivity index is 0. The maximum Gasteiger partial charge on any atom is 0.318 e. The van der Waals surface area contributed by atoms with Crippen molar-refractivity contribution in [1.82, 2.24) is 5.32 Å². The van der Waals surface area contributed by atoms with Crippen LogP contribution in [-0.4, -0.2) is 35.6 Å². The molecule has 0 radical (unpaired) electrons. The van der Waals surface area contributed by atoms with Crippen LogP contribution in [0.3, 0.4) is 0 Å². The normalized spacial score (nSPS) is 9.69. The molecule has 0 aromatic rings. The van der Waals surface area contributed by atoms with Crippen LogP contribution in [0.1, 0.15) is 27.7 Å². The van der Waals surface area contributed by atoms with Crippen LogP contribution in [0.25, 0.3) is 0 Å². The maximum atomic E-state index is 5.20. The lowest BCUT2D eigenvalue weighted by atomic mass is 10.7. The SMILES string of the molecule is CCNCC.CCO[SiH](C)OCC. The molecule has 1 N–H and O–H groups in total. The average molecular weight is 207 g/mol. The zero-order valence-electron chi connectivity index (χ0n) is 9.72. The smallest absolute Gasteiger partial charge is 0.318 e. The van der Waals surface area contributed by atoms with Gasteiger partial charge >= 0.3 is 9.28 Å². The van der Waals surface area contributed by atoms with E-state index in [9.17, 15) is 0 Å². The van der Waals surface area contributed by atoms with Crippen molar-refractivity contribution in [3.8, 4) is 0 Å². The highest BCUT2D eigenvalue weighted by Crippen LogP contribution is 1.85. The molecular formula is C9H25NO2Si. The molecule has 82 valence electrons. The Hall–Kier alpha value is 0.0969. The predicted octanol–water partition coefficient (Wildman–Crippen LogP) is 1.53. The number of hydrogen-bond donors (Lipinski definition) is 1. The van der Waals surface area contributed by atoms with Crippen LogP contribution in [0.5, 0.6) is 0 Å². The number of nitrogens with one attached hydrogen (secondary N) is 1. The highest BCUT2D eigenvalue weighted by molar-refractivity contribution is 6.42. The zero-order valence-corrected chi connectivity index (χ0v) is 10.9. The second-order valence-electron chi connectivity index (χ2n) is 2.44. The van der Waals surface area contributed by atoms with Gasteiger partial charge in [0.25, 0.3) is 0 Å². The molecule has 0 atom stereocenters. The fourth-order valence-corrected chi connectivity index (χ4v) is 1.80. The molecule has 0 aromatic heterocycles. The quantitative estimate of drug-likeness (QED) is 0.670. The van der Waals surface area contributed by atoms with E-state index in [4.69, 9.17) is 8.85 Å². The summed E-state index contributed by atoms with van der Waals surface area (Å²) in [4.78, 5) is 0. The Morgan fingerprint density at radius 1 is 0.923 bits per heavy atom. The van der Waals surface area contributed by atoms with Gasteiger partial charge in [0.2, 0.25) is 0 Å². The van der Waals surface area contributed by atoms with Crippen LogP contribution in [0.4, 0.5) is 0 Å². The molecule has 0 saturated heterocycles. The van der Waals surface area contributed by atoms with Gasteiger partial charge in [-0.05, 0) is 33.5 Å². The predicted molar refractivity (Wildman–Crippen MR) is 60.5 cm³/mol. The Labute approximate surface area is 84.7 Å². The summed E-state index contributed by atoms with van der Waals surface area (Å²) in [6.07, 6.45) is 0. The third kappa shape index (κ3) is 18.8. The summed E-state index contributed by atoms with van der Waals surface area (Å²) < 4.78 is 10.4. The minimum Gasteiger partial charge on any atom is -0.397 e. The van der Waals surface area contributed by atoms with E-state index in [0.717, 1.165) is 26.3 Å². The molecule has 0 spiro atoms. The van der Waals surface area contributed by atoms with E-state index in [2.05, 4.69) is 19.2 Å². The molecule has 0 bridgehead atoms. The first-order chi connectivity index (χ1) is 6.22. The molecular weight excluding hydrogens is 182 g/mol. The fourth-order valence-electron chi connectivity index (χ4n) is 0.768. The summed E-state index contributed by atoms with van der Waals surface area (Å²) >= 11 is 0. The first kappa shape index (κ1) is 15.6. The van der Waals surface area contributed by atoms with E-state index in [1.807, 2.05) is 20.4 Å². The first-order valence-electron chi connectivity index (χ1n) is 5.16. The Morgan fingerprint density at radius 2 is 1.31 bits per heavy atom. The summed E-state index contributed by atoms with van der Waals surface area (Å²) in [6, 6.07) is 0. The van der Waals surface area contributed by atoms with Crippen molar-refractivity contribution in [3.63, 3.8) is 0 Å². The minimum atomic E-state index is -1.20. The Bertz CT molecular complexity index is 76.0. The van der Waals surface area contributed by atoms with Gasteiger partial charge in [0.1, 0.15) is 0 Å². The molecule has 0 amide bonds. The van der Waals surface area contributed by atoms with Crippen LogP contribution in [-0.2, 0) is 8.85 Å². The molecule has 13 heavy (non-hydrogen) atoms. The lowest BCUT2D eigenvalue weighted by Crippen LogP contribution is -2.17. The van der Waals surface area contributed by atoms with E-state index < -0.39 is 9.28 Å². The van der Waals surface area contributed by atoms with Gasteiger partial charge in [-0.15, -0.1) is 0 Å². The highest BCUT2D eigenvalue weighted by Gasteiger charge is 1.99. The summed E-state index contributed by atoms with van der Waals surface area (Å²) in [5.41, 5.74) is 0. The van der Waals surface area contributed by atoms with Crippen molar-refractivity contribution in [2.45, 2.75) is 34.2 Å². The van der Waals surface area contributed by atoms with Crippen LogP contribution in [0, 0.1) is 0 Å². The van der Waals surface area contributed by atoms with E-state index in [0.29, 0.717) is 0 Å². The van der Waals surface area contributed by atoms with Gasteiger partial charge in [0, 0.05) is 13.2 Å². The van der Waals surface area contributed by atoms with Gasteiger partial charge in [-0.2, -0.15) is 0 Å². The van der Waals surface area contributed by atoms with E-state index >= 15 is 0 Å². The summed E-state index contributed by atoms with van der Waals surface area (Å²) in [5.74, 6) is 0. The van der Waals surface area contributed by atoms with Gasteiger partial charge in [-0.1, -0.05) is 13.8 Å². The average Bonchev–Trinajstić information content (AvgIpc) is 2.08. The molecule has 0 heterocycles. The van der Waals surface area contributed by atoms with Crippen molar-refractivity contribution in [1.29, 1.82) is 0 Å². The van der Waals surface area contributed by atoms with E-state index in [1.54, 1.807) is 0 Å². The lowest BCUT2D eigenvalue weighted by molar-refractivity contribution is 0.219. The Morgan fingerprint density at radius 3 is 1.46 bits per heavy atom. The van der Waals surface area contributed by atoms with Crippen molar-refractivity contribution >= 4 is 9.28 Å². The lowest BCUT2D eigenvalue weighted by Gasteiger charge is -2.07. The van der Waals surface area contributed by atoms with Crippen LogP contribution >= 0.6 is 0 Å². The fraction of sp³-hybridized carbons (Fsp3) is 1.00. The van der Waals surface area contributed by atoms with Crippen molar-refractivity contribution < 1.29 is 8.85 Å². The maximum absolute atomic E-state index is 5.20. The van der Waals surface area contributed by atoms with Gasteiger partial charge < -0.3 is 14.2 Å². The van der Waals surface area contributed by atoms with Crippen molar-refractivity contribution in [3.05, 3.63) is 0 Å². The summed E-state index contributed by atoms with van der Waals surface area (Å²) in [7, 11) is -1.20. The molecule has 3 nitrogen and oxygen atoms in total. The molecule has 0 aliphatic carbocycles. The van der Waals surface area contributed by atoms with Gasteiger partial charge in [0.05, 0.1) is 0 Å². The van der Waals surface area contributed by atoms with E-state index in [-0.39, 0.29) is 0 Å². The van der Waals surface area contributed by atoms with Gasteiger partial charge in [0.15, 0.2) is 0 Å². The molecule has 0 aromatic carbocycles. The number of rotatable bonds is 6. The molecule has 0 aliphatic heterocycles. The second-order valence-corrected chi connectivity index (χ2v) is 4.24. The first-order valence-corrected chi connectivity index (χ1v) is 7.26. The minimum absolute atomic E-state index is 0.785. The van der Waals surface area contributed by atoms with Crippen molar-refractivity contribution in [2.24, 2.45) is 0 Å². The van der Waals surface area contributed by atoms with Crippen LogP contribution < -0.4 is 5.32 Å². The Kier molecular flexibility index (Phi) is 17.5. The van der Waals surface area contributed by atoms with Gasteiger partial charge in [-0.25, -0.2) is 0 Å². The topological polar surface area (TPSA) is 30.5 Å². The second kappa shape index (κ2) is 14.6. The van der Waals surface area contributed by atoms with Gasteiger partial charge in [-0.3, -0.25) is 0 Å². The molecule has 0 saturated carbocycles. The monoisotopic (exact) mass is 207 g/mol. The van der Waals surface area contributed by atoms with Crippen molar-refractivity contribution in [2.75, 3.05) is 26.3 Å². The molecule has 0 unspecified atom stereocenters. The summed E-state index contributed by atoms with van der Waals surface area (Å²) in [6.45, 7) is 14.0. The highest BCUT2D eigenvalue weighted by atomic mass is 28.3. The number of hydrogen-bond acceptors (Lipinski definition) is 3. The third-order valence-electron chi connectivity index (χ3n) is 1.30. The van der Waals surface area contributed by atoms with E-state index in [1.165, 1.54) is 0 Å². The van der Waals surface area contributed by atoms with Crippen LogP contribution in [0.2, 0.25) is 6.55 Å². The largest absolute Gasteiger partial charge is 0.397 e. The third-order valence-corrected chi connectivity index (χ3v) is 2.91. The van der Waals surface area contributed by atoms with Crippen LogP contribution in [0.15, 0.2) is 0 Å². The standard InChI is InChI=1S/C5H14O2Si.C4H11N/c1-4-6-8(3)7-5-2;1-3-5-4-2/h8H,4-5H2,1-3H3;5H,3-4H2,1-2H3. The molecule has 4 heteroatoms. The zero-order chi connectivity index (χ0) is 10.5.